The first kappa shape index (κ1) is 15.2. The van der Waals surface area contributed by atoms with Gasteiger partial charge in [-0.15, -0.1) is 0 Å². The molecule has 0 bridgehead atoms. The molecule has 0 aliphatic heterocycles. The van der Waals surface area contributed by atoms with Crippen LogP contribution in [0.1, 0.15) is 25.7 Å². The smallest absolute Gasteiger partial charge is 0.346 e. The summed E-state index contributed by atoms with van der Waals surface area (Å²) in [5, 5.41) is 1.87. The van der Waals surface area contributed by atoms with E-state index in [0.717, 1.165) is 6.26 Å². The molecule has 1 amide bonds. The van der Waals surface area contributed by atoms with Gasteiger partial charge in [0, 0.05) is 6.04 Å². The molecule has 1 fully saturated rings. The average Bonchev–Trinajstić information content (AvgIpc) is 2.17. The molecule has 0 saturated heterocycles. The van der Waals surface area contributed by atoms with Crippen molar-refractivity contribution in [2.45, 2.75) is 44.0 Å². The van der Waals surface area contributed by atoms with Crippen molar-refractivity contribution < 1.29 is 30.6 Å². The zero-order chi connectivity index (χ0) is 14.0. The van der Waals surface area contributed by atoms with E-state index < -0.39 is 34.3 Å². The quantitative estimate of drug-likeness (QED) is 0.785. The van der Waals surface area contributed by atoms with Crippen LogP contribution in [-0.2, 0) is 19.1 Å². The lowest BCUT2D eigenvalue weighted by Gasteiger charge is -2.28. The van der Waals surface area contributed by atoms with Crippen molar-refractivity contribution in [3.8, 4) is 0 Å². The van der Waals surface area contributed by atoms with Gasteiger partial charge in [0.2, 0.25) is 0 Å². The van der Waals surface area contributed by atoms with E-state index in [1.807, 2.05) is 5.32 Å². The molecule has 1 aliphatic carbocycles. The Morgan fingerprint density at radius 2 is 1.72 bits per heavy atom. The fourth-order valence-electron chi connectivity index (χ4n) is 1.82. The lowest BCUT2D eigenvalue weighted by Crippen LogP contribution is -2.45. The second kappa shape index (κ2) is 5.43. The van der Waals surface area contributed by atoms with E-state index in [4.69, 9.17) is 4.18 Å². The van der Waals surface area contributed by atoms with Gasteiger partial charge >= 0.3 is 12.1 Å². The van der Waals surface area contributed by atoms with E-state index in [9.17, 15) is 26.4 Å². The van der Waals surface area contributed by atoms with Crippen LogP contribution in [0.25, 0.3) is 0 Å². The van der Waals surface area contributed by atoms with E-state index in [-0.39, 0.29) is 12.8 Å². The molecule has 18 heavy (non-hydrogen) atoms. The molecule has 106 valence electrons. The minimum Gasteiger partial charge on any atom is -0.346 e. The number of rotatable bonds is 3. The van der Waals surface area contributed by atoms with E-state index in [2.05, 4.69) is 0 Å². The van der Waals surface area contributed by atoms with E-state index in [1.54, 1.807) is 0 Å². The van der Waals surface area contributed by atoms with Crippen molar-refractivity contribution in [1.29, 1.82) is 0 Å². The molecule has 0 unspecified atom stereocenters. The summed E-state index contributed by atoms with van der Waals surface area (Å²) in [4.78, 5) is 10.7. The topological polar surface area (TPSA) is 72.5 Å². The van der Waals surface area contributed by atoms with Crippen molar-refractivity contribution in [3.63, 3.8) is 0 Å². The SMILES string of the molecule is CS(=O)(=O)O[C@H]1CC[C@H](NC(=O)C(F)(F)F)CC1. The number of alkyl halides is 3. The third-order valence-electron chi connectivity index (χ3n) is 2.58. The molecular formula is C9H14F3NO4S. The molecule has 0 radical (unpaired) electrons. The second-order valence-electron chi connectivity index (χ2n) is 4.25. The van der Waals surface area contributed by atoms with Crippen molar-refractivity contribution in [2.24, 2.45) is 0 Å². The van der Waals surface area contributed by atoms with Gasteiger partial charge in [-0.2, -0.15) is 21.6 Å². The zero-order valence-electron chi connectivity index (χ0n) is 9.66. The molecule has 1 rings (SSSR count). The molecule has 0 spiro atoms. The minimum absolute atomic E-state index is 0.266. The highest BCUT2D eigenvalue weighted by atomic mass is 32.2. The van der Waals surface area contributed by atoms with Crippen molar-refractivity contribution in [3.05, 3.63) is 0 Å². The van der Waals surface area contributed by atoms with Gasteiger partial charge in [-0.05, 0) is 25.7 Å². The maximum atomic E-state index is 12.0. The highest BCUT2D eigenvalue weighted by molar-refractivity contribution is 7.86. The summed E-state index contributed by atoms with van der Waals surface area (Å²) < 4.78 is 62.4. The van der Waals surface area contributed by atoms with Crippen LogP contribution < -0.4 is 5.32 Å². The number of halogens is 3. The van der Waals surface area contributed by atoms with E-state index in [0.29, 0.717) is 12.8 Å². The number of amides is 1. The van der Waals surface area contributed by atoms with Gasteiger partial charge in [-0.25, -0.2) is 0 Å². The number of nitrogens with one attached hydrogen (secondary N) is 1. The van der Waals surface area contributed by atoms with Crippen LogP contribution in [0.15, 0.2) is 0 Å². The summed E-state index contributed by atoms with van der Waals surface area (Å²) in [5.41, 5.74) is 0. The summed E-state index contributed by atoms with van der Waals surface area (Å²) in [7, 11) is -3.55. The van der Waals surface area contributed by atoms with E-state index in [1.165, 1.54) is 0 Å². The second-order valence-corrected chi connectivity index (χ2v) is 5.85. The van der Waals surface area contributed by atoms with Crippen LogP contribution in [-0.4, -0.2) is 38.9 Å². The van der Waals surface area contributed by atoms with Gasteiger partial charge in [0.1, 0.15) is 0 Å². The van der Waals surface area contributed by atoms with Crippen molar-refractivity contribution in [2.75, 3.05) is 6.26 Å². The molecule has 9 heteroatoms. The van der Waals surface area contributed by atoms with Gasteiger partial charge < -0.3 is 5.32 Å². The fraction of sp³-hybridized carbons (Fsp3) is 0.889. The normalized spacial score (nSPS) is 25.8. The van der Waals surface area contributed by atoms with Crippen LogP contribution >= 0.6 is 0 Å². The first-order valence-corrected chi connectivity index (χ1v) is 7.15. The van der Waals surface area contributed by atoms with Gasteiger partial charge in [-0.1, -0.05) is 0 Å². The molecule has 0 aromatic carbocycles. The van der Waals surface area contributed by atoms with Gasteiger partial charge in [0.15, 0.2) is 0 Å². The first-order valence-electron chi connectivity index (χ1n) is 5.34. The number of hydrogen-bond acceptors (Lipinski definition) is 4. The molecule has 1 aliphatic rings. The number of carbonyl (C=O) groups is 1. The van der Waals surface area contributed by atoms with Crippen LogP contribution in [0.2, 0.25) is 0 Å². The van der Waals surface area contributed by atoms with Gasteiger partial charge in [0.05, 0.1) is 12.4 Å². The lowest BCUT2D eigenvalue weighted by molar-refractivity contribution is -0.174. The summed E-state index contributed by atoms with van der Waals surface area (Å²) in [6.07, 6.45) is -3.35. The first-order chi connectivity index (χ1) is 8.08. The maximum absolute atomic E-state index is 12.0. The highest BCUT2D eigenvalue weighted by Crippen LogP contribution is 2.23. The Morgan fingerprint density at radius 1 is 1.22 bits per heavy atom. The average molecular weight is 289 g/mol. The number of carbonyl (C=O) groups excluding carboxylic acids is 1. The molecule has 0 aromatic rings. The molecule has 1 saturated carbocycles. The maximum Gasteiger partial charge on any atom is 0.471 e. The summed E-state index contributed by atoms with van der Waals surface area (Å²) in [5.74, 6) is -1.96. The van der Waals surface area contributed by atoms with Crippen LogP contribution in [0.5, 0.6) is 0 Å². The lowest BCUT2D eigenvalue weighted by atomic mass is 9.93. The Bertz CT molecular complexity index is 399. The Kier molecular flexibility index (Phi) is 4.60. The third kappa shape index (κ3) is 5.21. The van der Waals surface area contributed by atoms with Crippen LogP contribution in [0, 0.1) is 0 Å². The van der Waals surface area contributed by atoms with Crippen molar-refractivity contribution in [1.82, 2.24) is 5.32 Å². The fourth-order valence-corrected chi connectivity index (χ4v) is 2.50. The summed E-state index contributed by atoms with van der Waals surface area (Å²) in [6.45, 7) is 0. The van der Waals surface area contributed by atoms with Gasteiger partial charge in [0.25, 0.3) is 10.1 Å². The van der Waals surface area contributed by atoms with Crippen LogP contribution in [0.3, 0.4) is 0 Å². The molecule has 0 heterocycles. The molecular weight excluding hydrogens is 275 g/mol. The Hall–Kier alpha value is -0.830. The predicted molar refractivity (Wildman–Crippen MR) is 56.2 cm³/mol. The van der Waals surface area contributed by atoms with Crippen LogP contribution in [0.4, 0.5) is 13.2 Å². The predicted octanol–water partition coefficient (Wildman–Crippen LogP) is 0.952. The number of hydrogen-bond donors (Lipinski definition) is 1. The van der Waals surface area contributed by atoms with Crippen molar-refractivity contribution >= 4 is 16.0 Å². The summed E-state index contributed by atoms with van der Waals surface area (Å²) >= 11 is 0. The zero-order valence-corrected chi connectivity index (χ0v) is 10.5. The summed E-state index contributed by atoms with van der Waals surface area (Å²) in [6, 6.07) is -0.585. The largest absolute Gasteiger partial charge is 0.471 e. The Morgan fingerprint density at radius 3 is 2.11 bits per heavy atom. The molecule has 5 nitrogen and oxygen atoms in total. The Labute approximate surface area is 103 Å². The molecule has 0 aromatic heterocycles. The monoisotopic (exact) mass is 289 g/mol. The molecule has 0 atom stereocenters. The van der Waals surface area contributed by atoms with E-state index >= 15 is 0 Å². The standard InChI is InChI=1S/C9H14F3NO4S/c1-18(15,16)17-7-4-2-6(3-5-7)13-8(14)9(10,11)12/h6-7H,2-5H2,1H3,(H,13,14)/t6-,7-. The highest BCUT2D eigenvalue weighted by Gasteiger charge is 2.40. The minimum atomic E-state index is -4.89. The molecule has 1 N–H and O–H groups in total. The Balaban J connectivity index is 2.39. The van der Waals surface area contributed by atoms with Gasteiger partial charge in [-0.3, -0.25) is 8.98 Å². The third-order valence-corrected chi connectivity index (χ3v) is 3.20.